The fourth-order valence-corrected chi connectivity index (χ4v) is 6.54. The summed E-state index contributed by atoms with van der Waals surface area (Å²) in [6.07, 6.45) is -0.104. The summed E-state index contributed by atoms with van der Waals surface area (Å²) in [4.78, 5) is 27.8. The SMILES string of the molecule is CC(C)(C)C[C@H]1N[C@@H](C(=O)NC[C@@H](O)CCO)[C@H](c2cccc(Cl)c2)[C@@]12C(=O)Nc1cc(Cl)c(I)cc12. The molecule has 2 aromatic carbocycles. The van der Waals surface area contributed by atoms with Crippen LogP contribution >= 0.6 is 45.8 Å². The highest BCUT2D eigenvalue weighted by molar-refractivity contribution is 14.1. The molecule has 2 heterocycles. The maximum absolute atomic E-state index is 14.1. The minimum Gasteiger partial charge on any atom is -0.396 e. The van der Waals surface area contributed by atoms with Crippen molar-refractivity contribution in [1.82, 2.24) is 10.6 Å². The van der Waals surface area contributed by atoms with E-state index in [2.05, 4.69) is 59.3 Å². The monoisotopic (exact) mass is 659 g/mol. The van der Waals surface area contributed by atoms with Crippen molar-refractivity contribution >= 4 is 63.3 Å². The summed E-state index contributed by atoms with van der Waals surface area (Å²) in [5.74, 6) is -1.11. The second kappa shape index (κ2) is 11.0. The topological polar surface area (TPSA) is 111 Å². The van der Waals surface area contributed by atoms with Crippen LogP contribution in [0.2, 0.25) is 10.0 Å². The highest BCUT2D eigenvalue weighted by Crippen LogP contribution is 2.57. The van der Waals surface area contributed by atoms with E-state index in [1.165, 1.54) is 0 Å². The third-order valence-corrected chi connectivity index (χ3v) is 8.92. The second-order valence-corrected chi connectivity index (χ2v) is 13.0. The zero-order valence-corrected chi connectivity index (χ0v) is 24.6. The molecule has 5 N–H and O–H groups in total. The lowest BCUT2D eigenvalue weighted by Gasteiger charge is -2.37. The van der Waals surface area contributed by atoms with E-state index in [1.807, 2.05) is 24.3 Å². The van der Waals surface area contributed by atoms with Crippen molar-refractivity contribution in [2.24, 2.45) is 5.41 Å². The van der Waals surface area contributed by atoms with Crippen LogP contribution in [-0.2, 0) is 15.0 Å². The second-order valence-electron chi connectivity index (χ2n) is 11.0. The predicted molar refractivity (Wildman–Crippen MR) is 154 cm³/mol. The van der Waals surface area contributed by atoms with Gasteiger partial charge in [-0.2, -0.15) is 0 Å². The Kier molecular flexibility index (Phi) is 8.48. The Morgan fingerprint density at radius 3 is 2.62 bits per heavy atom. The molecule has 2 aliphatic heterocycles. The maximum atomic E-state index is 14.1. The number of hydrogen-bond donors (Lipinski definition) is 5. The third kappa shape index (κ3) is 5.51. The Labute approximate surface area is 240 Å². The molecule has 4 rings (SSSR count). The van der Waals surface area contributed by atoms with Crippen molar-refractivity contribution in [2.75, 3.05) is 18.5 Å². The lowest BCUT2D eigenvalue weighted by molar-refractivity contribution is -0.124. The van der Waals surface area contributed by atoms with Crippen LogP contribution in [0.25, 0.3) is 0 Å². The Hall–Kier alpha value is -1.43. The number of carbonyl (C=O) groups is 2. The molecule has 0 unspecified atom stereocenters. The molecule has 2 aliphatic rings. The van der Waals surface area contributed by atoms with Crippen molar-refractivity contribution < 1.29 is 19.8 Å². The fraction of sp³-hybridized carbons (Fsp3) is 0.481. The smallest absolute Gasteiger partial charge is 0.237 e. The van der Waals surface area contributed by atoms with E-state index in [0.29, 0.717) is 22.2 Å². The lowest BCUT2D eigenvalue weighted by Crippen LogP contribution is -2.49. The van der Waals surface area contributed by atoms with Gasteiger partial charge in [0.2, 0.25) is 11.8 Å². The molecule has 0 aromatic heterocycles. The summed E-state index contributed by atoms with van der Waals surface area (Å²) in [5, 5.41) is 29.7. The van der Waals surface area contributed by atoms with E-state index < -0.39 is 23.5 Å². The normalized spacial score (nSPS) is 25.7. The van der Waals surface area contributed by atoms with Gasteiger partial charge in [-0.15, -0.1) is 0 Å². The Morgan fingerprint density at radius 1 is 1.24 bits per heavy atom. The molecule has 5 atom stereocenters. The molecular weight excluding hydrogens is 628 g/mol. The number of hydrogen-bond acceptors (Lipinski definition) is 5. The van der Waals surface area contributed by atoms with Crippen LogP contribution in [0.15, 0.2) is 36.4 Å². The third-order valence-electron chi connectivity index (χ3n) is 7.17. The molecule has 2 amide bonds. The van der Waals surface area contributed by atoms with Gasteiger partial charge in [0, 0.05) is 39.4 Å². The summed E-state index contributed by atoms with van der Waals surface area (Å²) in [6, 6.07) is 9.84. The van der Waals surface area contributed by atoms with Gasteiger partial charge in [0.05, 0.1) is 17.2 Å². The first-order chi connectivity index (χ1) is 17.4. The fourth-order valence-electron chi connectivity index (χ4n) is 5.71. The quantitative estimate of drug-likeness (QED) is 0.286. The molecule has 10 heteroatoms. The highest BCUT2D eigenvalue weighted by Gasteiger charge is 2.65. The Balaban J connectivity index is 1.90. The van der Waals surface area contributed by atoms with E-state index >= 15 is 0 Å². The van der Waals surface area contributed by atoms with Gasteiger partial charge in [0.25, 0.3) is 0 Å². The van der Waals surface area contributed by atoms with Gasteiger partial charge < -0.3 is 26.2 Å². The molecular formula is C27H32Cl2IN3O4. The first kappa shape index (κ1) is 28.6. The lowest BCUT2D eigenvalue weighted by atomic mass is 9.62. The molecule has 2 aromatic rings. The van der Waals surface area contributed by atoms with Crippen LogP contribution in [0, 0.1) is 8.99 Å². The molecule has 7 nitrogen and oxygen atoms in total. The van der Waals surface area contributed by atoms with Gasteiger partial charge in [0.1, 0.15) is 5.41 Å². The van der Waals surface area contributed by atoms with Gasteiger partial charge in [-0.25, -0.2) is 0 Å². The summed E-state index contributed by atoms with van der Waals surface area (Å²) in [7, 11) is 0. The zero-order valence-electron chi connectivity index (χ0n) is 20.9. The number of aliphatic hydroxyl groups excluding tert-OH is 2. The summed E-state index contributed by atoms with van der Waals surface area (Å²) in [6.45, 7) is 6.13. The predicted octanol–water partition coefficient (Wildman–Crippen LogP) is 4.21. The minimum atomic E-state index is -1.11. The minimum absolute atomic E-state index is 0.00688. The summed E-state index contributed by atoms with van der Waals surface area (Å²) < 4.78 is 0.813. The first-order valence-corrected chi connectivity index (χ1v) is 14.1. The van der Waals surface area contributed by atoms with Crippen molar-refractivity contribution in [2.45, 2.75) is 63.1 Å². The number of fused-ring (bicyclic) bond motifs is 2. The van der Waals surface area contributed by atoms with Crippen molar-refractivity contribution in [3.05, 3.63) is 61.1 Å². The van der Waals surface area contributed by atoms with E-state index in [9.17, 15) is 14.7 Å². The van der Waals surface area contributed by atoms with Gasteiger partial charge >= 0.3 is 0 Å². The van der Waals surface area contributed by atoms with E-state index in [4.69, 9.17) is 28.3 Å². The number of amides is 2. The molecule has 0 saturated carbocycles. The summed E-state index contributed by atoms with van der Waals surface area (Å²) in [5.41, 5.74) is 0.940. The average molecular weight is 660 g/mol. The van der Waals surface area contributed by atoms with Crippen molar-refractivity contribution in [3.63, 3.8) is 0 Å². The number of benzene rings is 2. The summed E-state index contributed by atoms with van der Waals surface area (Å²) >= 11 is 15.0. The number of aliphatic hydroxyl groups is 2. The molecule has 37 heavy (non-hydrogen) atoms. The number of halogens is 3. The molecule has 1 fully saturated rings. The molecule has 1 saturated heterocycles. The van der Waals surface area contributed by atoms with Crippen molar-refractivity contribution in [3.8, 4) is 0 Å². The largest absolute Gasteiger partial charge is 0.396 e. The van der Waals surface area contributed by atoms with E-state index in [0.717, 1.165) is 14.7 Å². The standard InChI is InChI=1S/C27H32Cl2IN3O4/c1-26(2,3)12-21-27(17-10-19(30)18(29)11-20(17)32-25(27)37)22(14-5-4-6-15(28)9-14)23(33-21)24(36)31-13-16(35)7-8-34/h4-6,9-11,16,21-23,33-35H,7-8,12-13H2,1-3H3,(H,31,36)(H,32,37)/t16-,21+,22-,23+,27-/m0/s1. The van der Waals surface area contributed by atoms with Crippen LogP contribution in [0.5, 0.6) is 0 Å². The van der Waals surface area contributed by atoms with Crippen molar-refractivity contribution in [1.29, 1.82) is 0 Å². The number of rotatable bonds is 7. The molecule has 200 valence electrons. The van der Waals surface area contributed by atoms with Crippen LogP contribution in [0.3, 0.4) is 0 Å². The number of anilines is 1. The van der Waals surface area contributed by atoms with Gasteiger partial charge in [-0.3, -0.25) is 9.59 Å². The van der Waals surface area contributed by atoms with Gasteiger partial charge in [0.15, 0.2) is 0 Å². The van der Waals surface area contributed by atoms with Crippen LogP contribution in [0.4, 0.5) is 5.69 Å². The van der Waals surface area contributed by atoms with Gasteiger partial charge in [-0.1, -0.05) is 56.1 Å². The van der Waals surface area contributed by atoms with E-state index in [-0.39, 0.29) is 42.8 Å². The molecule has 1 spiro atoms. The molecule has 0 bridgehead atoms. The van der Waals surface area contributed by atoms with Crippen LogP contribution in [-0.4, -0.2) is 53.4 Å². The Morgan fingerprint density at radius 2 is 1.97 bits per heavy atom. The number of carbonyl (C=O) groups excluding carboxylic acids is 2. The maximum Gasteiger partial charge on any atom is 0.237 e. The average Bonchev–Trinajstić information content (AvgIpc) is 3.27. The highest BCUT2D eigenvalue weighted by atomic mass is 127. The van der Waals surface area contributed by atoms with Gasteiger partial charge in [-0.05, 0) is 76.2 Å². The van der Waals surface area contributed by atoms with Crippen LogP contribution in [0.1, 0.15) is 50.7 Å². The Bertz CT molecular complexity index is 1200. The first-order valence-electron chi connectivity index (χ1n) is 12.3. The zero-order chi connectivity index (χ0) is 27.1. The molecule has 0 aliphatic carbocycles. The van der Waals surface area contributed by atoms with E-state index in [1.54, 1.807) is 12.1 Å². The number of nitrogens with one attached hydrogen (secondary N) is 3. The van der Waals surface area contributed by atoms with Crippen LogP contribution < -0.4 is 16.0 Å². The molecule has 0 radical (unpaired) electrons.